The van der Waals surface area contributed by atoms with Crippen molar-refractivity contribution >= 4 is 16.4 Å². The summed E-state index contributed by atoms with van der Waals surface area (Å²) in [5.74, 6) is 0.779. The van der Waals surface area contributed by atoms with Gasteiger partial charge in [0, 0.05) is 0 Å². The van der Waals surface area contributed by atoms with E-state index >= 15 is 0 Å². The van der Waals surface area contributed by atoms with Crippen molar-refractivity contribution in [1.82, 2.24) is 5.32 Å². The van der Waals surface area contributed by atoms with Crippen molar-refractivity contribution in [2.75, 3.05) is 0 Å². The molecular weight excluding hydrogens is 453 g/mol. The number of hydrogen-bond donors (Lipinski definition) is 3. The second-order valence-corrected chi connectivity index (χ2v) is 9.49. The molecule has 0 fully saturated rings. The third kappa shape index (κ3) is 7.78. The Morgan fingerprint density at radius 2 is 1.77 bits per heavy atom. The van der Waals surface area contributed by atoms with E-state index in [2.05, 4.69) is 46.9 Å². The number of benzene rings is 2. The van der Waals surface area contributed by atoms with Crippen LogP contribution in [0.2, 0.25) is 0 Å². The summed E-state index contributed by atoms with van der Waals surface area (Å²) in [7, 11) is 0. The van der Waals surface area contributed by atoms with Crippen molar-refractivity contribution in [3.8, 4) is 0 Å². The first-order valence-corrected chi connectivity index (χ1v) is 11.7. The summed E-state index contributed by atoms with van der Waals surface area (Å²) in [6, 6.07) is 13.2. The van der Waals surface area contributed by atoms with Crippen LogP contribution in [0.3, 0.4) is 0 Å². The van der Waals surface area contributed by atoms with Crippen LogP contribution in [0.25, 0.3) is 0 Å². The van der Waals surface area contributed by atoms with Crippen molar-refractivity contribution in [1.29, 1.82) is 0 Å². The third-order valence-corrected chi connectivity index (χ3v) is 6.02. The van der Waals surface area contributed by atoms with Crippen LogP contribution in [0, 0.1) is 0 Å². The van der Waals surface area contributed by atoms with Crippen molar-refractivity contribution in [2.24, 2.45) is 11.5 Å². The Bertz CT molecular complexity index is 933. The normalized spacial score (nSPS) is 14.1. The summed E-state index contributed by atoms with van der Waals surface area (Å²) in [4.78, 5) is 1.90. The summed E-state index contributed by atoms with van der Waals surface area (Å²) >= 11 is 5.06. The average Bonchev–Trinajstić information content (AvgIpc) is 2.67. The van der Waals surface area contributed by atoms with Crippen LogP contribution in [0.15, 0.2) is 64.2 Å². The summed E-state index contributed by atoms with van der Waals surface area (Å²) in [6.07, 6.45) is 1.53. The molecule has 2 aromatic rings. The van der Waals surface area contributed by atoms with Crippen molar-refractivity contribution in [2.45, 2.75) is 68.7 Å². The molecule has 0 heterocycles. The van der Waals surface area contributed by atoms with Crippen molar-refractivity contribution in [3.63, 3.8) is 0 Å². The molecule has 0 spiro atoms. The average molecular weight is 485 g/mol. The van der Waals surface area contributed by atoms with E-state index in [0.29, 0.717) is 17.3 Å². The Balaban J connectivity index is 2.26. The van der Waals surface area contributed by atoms with Gasteiger partial charge < -0.3 is 0 Å². The van der Waals surface area contributed by atoms with E-state index in [0.717, 1.165) is 15.4 Å². The molecule has 0 saturated carbocycles. The fraction of sp³-hybridized carbons (Fsp3) is 0.375. The van der Waals surface area contributed by atoms with Gasteiger partial charge in [-0.1, -0.05) is 0 Å². The molecule has 31 heavy (non-hydrogen) atoms. The Kier molecular flexibility index (Phi) is 9.79. The minimum absolute atomic E-state index is 0.0768. The van der Waals surface area contributed by atoms with Crippen molar-refractivity contribution < 1.29 is 24.7 Å². The predicted octanol–water partition coefficient (Wildman–Crippen LogP) is 5.12. The van der Waals surface area contributed by atoms with Crippen LogP contribution >= 0.6 is 11.8 Å². The molecule has 2 atom stereocenters. The standard InChI is InChI=1S/C24H32FN3OS.Fe/c1-15(2)20-8-6-7-9-23(20)30-22-11-10-18(12-19(22)14-25)21(26)13-24(27)28-17(5)29-16(3)4;/h6-13,15-17,21,28H,26-27H2,1-5H3;/b24-13+;. The Morgan fingerprint density at radius 3 is 2.39 bits per heavy atom. The maximum absolute atomic E-state index is 14.3. The van der Waals surface area contributed by atoms with E-state index in [1.165, 1.54) is 17.3 Å². The summed E-state index contributed by atoms with van der Waals surface area (Å²) in [6.45, 7) is 10.1. The quantitative estimate of drug-likeness (QED) is 0.322. The van der Waals surface area contributed by atoms with Gasteiger partial charge in [0.2, 0.25) is 0 Å². The van der Waals surface area contributed by atoms with Gasteiger partial charge in [-0.05, 0) is 0 Å². The summed E-state index contributed by atoms with van der Waals surface area (Å²) in [5.41, 5.74) is 14.8. The first-order valence-electron chi connectivity index (χ1n) is 10.3. The molecule has 0 aromatic heterocycles. The van der Waals surface area contributed by atoms with E-state index in [1.807, 2.05) is 45.0 Å². The van der Waals surface area contributed by atoms with Gasteiger partial charge in [0.15, 0.2) is 0 Å². The maximum atomic E-state index is 14.3. The SMILES string of the molecule is CC(C)OC(C)N/C(N)=C/C(N)c1ccc(Sc2ccccc2C(C)C)c([C](F)=[Fe])c1. The Labute approximate surface area is 197 Å². The van der Waals surface area contributed by atoms with Crippen molar-refractivity contribution in [3.05, 3.63) is 71.1 Å². The monoisotopic (exact) mass is 485 g/mol. The van der Waals surface area contributed by atoms with Crippen LogP contribution in [0.4, 0.5) is 4.39 Å². The number of ether oxygens (including phenoxy) is 1. The summed E-state index contributed by atoms with van der Waals surface area (Å²) < 4.78 is 19.5. The molecule has 0 aliphatic carbocycles. The molecule has 0 amide bonds. The van der Waals surface area contributed by atoms with Gasteiger partial charge in [0.25, 0.3) is 0 Å². The first kappa shape index (κ1) is 25.6. The van der Waals surface area contributed by atoms with E-state index in [1.54, 1.807) is 12.1 Å². The molecule has 5 N–H and O–H groups in total. The molecule has 170 valence electrons. The van der Waals surface area contributed by atoms with Gasteiger partial charge in [-0.3, -0.25) is 0 Å². The van der Waals surface area contributed by atoms with Crippen LogP contribution in [-0.4, -0.2) is 17.0 Å². The van der Waals surface area contributed by atoms with E-state index in [4.69, 9.17) is 16.2 Å². The second kappa shape index (κ2) is 11.8. The Morgan fingerprint density at radius 1 is 1.10 bits per heavy atom. The zero-order valence-corrected chi connectivity index (χ0v) is 20.6. The summed E-state index contributed by atoms with van der Waals surface area (Å²) in [5, 5.41) is 3.05. The molecule has 0 aliphatic rings. The van der Waals surface area contributed by atoms with Gasteiger partial charge >= 0.3 is 198 Å². The van der Waals surface area contributed by atoms with Crippen LogP contribution in [0.5, 0.6) is 0 Å². The topological polar surface area (TPSA) is 73.3 Å². The predicted molar refractivity (Wildman–Crippen MR) is 124 cm³/mol. The third-order valence-electron chi connectivity index (χ3n) is 4.55. The van der Waals surface area contributed by atoms with E-state index in [9.17, 15) is 4.39 Å². The Hall–Kier alpha value is -1.63. The van der Waals surface area contributed by atoms with E-state index in [-0.39, 0.29) is 12.3 Å². The number of rotatable bonds is 10. The zero-order valence-electron chi connectivity index (χ0n) is 18.6. The number of halogens is 1. The molecular formula is C24H32FFeN3OS. The molecule has 0 bridgehead atoms. The fourth-order valence-electron chi connectivity index (χ4n) is 3.17. The molecule has 2 aromatic carbocycles. The molecule has 0 saturated heterocycles. The van der Waals surface area contributed by atoms with Crippen LogP contribution in [0.1, 0.15) is 63.3 Å². The van der Waals surface area contributed by atoms with Gasteiger partial charge in [-0.2, -0.15) is 0 Å². The van der Waals surface area contributed by atoms with Gasteiger partial charge in [-0.15, -0.1) is 0 Å². The van der Waals surface area contributed by atoms with Crippen LogP contribution < -0.4 is 16.8 Å². The zero-order chi connectivity index (χ0) is 23.1. The van der Waals surface area contributed by atoms with Crippen LogP contribution in [-0.2, 0) is 20.3 Å². The molecule has 0 radical (unpaired) electrons. The number of hydrogen-bond acceptors (Lipinski definition) is 5. The molecule has 2 unspecified atom stereocenters. The van der Waals surface area contributed by atoms with Gasteiger partial charge in [-0.25, -0.2) is 0 Å². The van der Waals surface area contributed by atoms with Gasteiger partial charge in [0.1, 0.15) is 0 Å². The fourth-order valence-corrected chi connectivity index (χ4v) is 4.68. The number of nitrogens with one attached hydrogen (secondary N) is 1. The molecule has 4 nitrogen and oxygen atoms in total. The molecule has 7 heteroatoms. The number of nitrogens with two attached hydrogens (primary N) is 2. The minimum atomic E-state index is -0.501. The first-order chi connectivity index (χ1) is 14.6. The van der Waals surface area contributed by atoms with E-state index < -0.39 is 10.7 Å². The second-order valence-electron chi connectivity index (χ2n) is 7.92. The van der Waals surface area contributed by atoms with Gasteiger partial charge in [0.05, 0.1) is 0 Å². The molecule has 0 aliphatic heterocycles. The molecule has 2 rings (SSSR count).